The molecule has 7 atom stereocenters. The van der Waals surface area contributed by atoms with Gasteiger partial charge in [-0.1, -0.05) is 50.6 Å². The normalized spacial score (nSPS) is 31.3. The molecule has 4 N–H and O–H groups in total. The van der Waals surface area contributed by atoms with Gasteiger partial charge >= 0.3 is 6.09 Å². The number of rotatable bonds is 8. The second-order valence-electron chi connectivity index (χ2n) is 15.6. The Labute approximate surface area is 313 Å². The van der Waals surface area contributed by atoms with E-state index in [4.69, 9.17) is 14.5 Å². The van der Waals surface area contributed by atoms with Crippen LogP contribution in [-0.4, -0.2) is 95.5 Å². The number of amides is 4. The third-order valence-corrected chi connectivity index (χ3v) is 14.0. The van der Waals surface area contributed by atoms with Gasteiger partial charge in [0.15, 0.2) is 0 Å². The summed E-state index contributed by atoms with van der Waals surface area (Å²) in [4.78, 5) is 61.0. The largest absolute Gasteiger partial charge is 0.477 e. The van der Waals surface area contributed by atoms with E-state index in [1.54, 1.807) is 6.08 Å². The number of sulfonamides is 1. The van der Waals surface area contributed by atoms with Gasteiger partial charge in [-0.15, -0.1) is 0 Å². The Morgan fingerprint density at radius 3 is 2.65 bits per heavy atom. The van der Waals surface area contributed by atoms with E-state index in [9.17, 15) is 37.1 Å². The number of halogens is 1. The van der Waals surface area contributed by atoms with Crippen molar-refractivity contribution in [3.05, 3.63) is 42.0 Å². The first-order valence-corrected chi connectivity index (χ1v) is 20.4. The third-order valence-electron chi connectivity index (χ3n) is 11.9. The zero-order valence-corrected chi connectivity index (χ0v) is 31.3. The summed E-state index contributed by atoms with van der Waals surface area (Å²) in [5, 5.41) is 16.8. The molecule has 16 heteroatoms. The van der Waals surface area contributed by atoms with E-state index < -0.39 is 74.9 Å². The van der Waals surface area contributed by atoms with Crippen LogP contribution in [0.25, 0.3) is 10.8 Å². The molecule has 2 aliphatic carbocycles. The van der Waals surface area contributed by atoms with Crippen LogP contribution in [0.4, 0.5) is 9.18 Å². The second kappa shape index (κ2) is 14.6. The summed E-state index contributed by atoms with van der Waals surface area (Å²) in [7, 11) is -4.39. The molecule has 0 unspecified atom stereocenters. The van der Waals surface area contributed by atoms with Crippen LogP contribution in [0.5, 0.6) is 11.8 Å². The maximum absolute atomic E-state index is 14.6. The number of carboxylic acid groups (broad SMARTS) is 1. The van der Waals surface area contributed by atoms with Gasteiger partial charge in [-0.2, -0.15) is 4.98 Å². The number of ether oxygens (including phenoxy) is 2. The molecule has 2 saturated carbocycles. The third kappa shape index (κ3) is 7.08. The minimum absolute atomic E-state index is 0.0278. The molecule has 14 nitrogen and oxygen atoms in total. The molecular weight excluding hydrogens is 722 g/mol. The number of pyridine rings is 1. The van der Waals surface area contributed by atoms with Gasteiger partial charge in [-0.05, 0) is 74.7 Å². The van der Waals surface area contributed by atoms with Crippen molar-refractivity contribution in [3.63, 3.8) is 0 Å². The zero-order chi connectivity index (χ0) is 38.4. The number of aromatic nitrogens is 1. The minimum atomic E-state index is -4.39. The Kier molecular flexibility index (Phi) is 10.3. The molecule has 7 rings (SSSR count). The van der Waals surface area contributed by atoms with Crippen LogP contribution in [0, 0.1) is 17.8 Å². The molecule has 4 heterocycles. The monoisotopic (exact) mass is 769 g/mol. The SMILES string of the molecule is CC[C@@H]1C[C@H](C)CC/C=C\[C@@H]2C[C@@]2(C(=O)NS(=O)(=O)C2(CF)CC2)NC(=O)[C@@H]2C[C@@H](Oc3nc4c(c5ccccc35)CCCO4)CN2C(=O)[C@H]1NC(=O)O. The lowest BCUT2D eigenvalue weighted by Gasteiger charge is -2.33. The molecular formula is C38H48FN5O9S. The van der Waals surface area contributed by atoms with Gasteiger partial charge in [-0.25, -0.2) is 17.6 Å². The number of carbonyl (C=O) groups excluding carboxylic acids is 3. The molecule has 1 saturated heterocycles. The molecule has 0 bridgehead atoms. The fourth-order valence-corrected chi connectivity index (χ4v) is 9.82. The van der Waals surface area contributed by atoms with E-state index in [1.165, 1.54) is 4.90 Å². The number of nitrogens with zero attached hydrogens (tertiary/aromatic N) is 2. The number of allylic oxidation sites excluding steroid dienone is 1. The van der Waals surface area contributed by atoms with Crippen molar-refractivity contribution in [2.45, 2.75) is 107 Å². The number of alkyl halides is 1. The predicted molar refractivity (Wildman–Crippen MR) is 195 cm³/mol. The summed E-state index contributed by atoms with van der Waals surface area (Å²) in [5.41, 5.74) is -0.692. The first-order valence-electron chi connectivity index (χ1n) is 18.9. The standard InChI is InChI=1S/C38H48FN5O9S/c1-3-23-17-22(2)9-4-5-10-24-19-38(24,35(47)43-54(50,51)37(21-39)14-15-37)42-31(45)29-18-25(20-44(29)34(46)30(23)40-36(48)49)53-33-28-12-7-6-11-26(28)27-13-8-16-52-32(27)41-33/h5-7,10-12,22-25,29-30,40H,3-4,8-9,13-21H2,1-2H3,(H,42,45)(H,43,47)(H,48,49)/b10-5-/t22-,23-,24-,25-,29+,30+,38-/m1/s1. The van der Waals surface area contributed by atoms with Crippen molar-refractivity contribution in [2.24, 2.45) is 17.8 Å². The molecule has 4 amide bonds. The van der Waals surface area contributed by atoms with Gasteiger partial charge in [0.2, 0.25) is 33.6 Å². The molecule has 2 aromatic rings. The minimum Gasteiger partial charge on any atom is -0.477 e. The molecule has 3 fully saturated rings. The summed E-state index contributed by atoms with van der Waals surface area (Å²) in [6.07, 6.45) is 5.76. The Morgan fingerprint density at radius 2 is 1.94 bits per heavy atom. The van der Waals surface area contributed by atoms with Crippen LogP contribution in [-0.2, 0) is 30.8 Å². The maximum Gasteiger partial charge on any atom is 0.405 e. The van der Waals surface area contributed by atoms with Gasteiger partial charge in [0.25, 0.3) is 5.91 Å². The Bertz CT molecular complexity index is 1970. The first-order chi connectivity index (χ1) is 25.8. The van der Waals surface area contributed by atoms with Gasteiger partial charge in [0.05, 0.1) is 13.2 Å². The van der Waals surface area contributed by atoms with Crippen molar-refractivity contribution in [1.82, 2.24) is 25.2 Å². The molecule has 0 radical (unpaired) electrons. The molecule has 3 aliphatic heterocycles. The lowest BCUT2D eigenvalue weighted by Crippen LogP contribution is -2.59. The average Bonchev–Trinajstić information content (AvgIpc) is 4.06. The lowest BCUT2D eigenvalue weighted by molar-refractivity contribution is -0.142. The molecule has 292 valence electrons. The topological polar surface area (TPSA) is 193 Å². The molecule has 54 heavy (non-hydrogen) atoms. The van der Waals surface area contributed by atoms with Crippen LogP contribution in [0.1, 0.15) is 77.2 Å². The summed E-state index contributed by atoms with van der Waals surface area (Å²) >= 11 is 0. The van der Waals surface area contributed by atoms with Gasteiger partial charge < -0.3 is 30.1 Å². The van der Waals surface area contributed by atoms with Crippen LogP contribution in [0.2, 0.25) is 0 Å². The van der Waals surface area contributed by atoms with E-state index in [2.05, 4.69) is 15.4 Å². The second-order valence-corrected chi connectivity index (χ2v) is 17.7. The van der Waals surface area contributed by atoms with E-state index in [0.717, 1.165) is 29.2 Å². The summed E-state index contributed by atoms with van der Waals surface area (Å²) in [6, 6.07) is 5.23. The highest BCUT2D eigenvalue weighted by molar-refractivity contribution is 7.91. The van der Waals surface area contributed by atoms with Crippen molar-refractivity contribution < 1.29 is 46.6 Å². The Hall–Kier alpha value is -4.47. The number of carbonyl (C=O) groups is 4. The highest BCUT2D eigenvalue weighted by Gasteiger charge is 2.64. The molecule has 1 aromatic heterocycles. The zero-order valence-electron chi connectivity index (χ0n) is 30.5. The Balaban J connectivity index is 1.24. The van der Waals surface area contributed by atoms with Crippen LogP contribution in [0.15, 0.2) is 36.4 Å². The van der Waals surface area contributed by atoms with Crippen LogP contribution >= 0.6 is 0 Å². The van der Waals surface area contributed by atoms with Crippen molar-refractivity contribution in [1.29, 1.82) is 0 Å². The number of hydrogen-bond donors (Lipinski definition) is 4. The van der Waals surface area contributed by atoms with Crippen LogP contribution in [0.3, 0.4) is 0 Å². The highest BCUT2D eigenvalue weighted by atomic mass is 32.2. The fraction of sp³-hybridized carbons (Fsp3) is 0.605. The summed E-state index contributed by atoms with van der Waals surface area (Å²) in [6.45, 7) is 3.19. The van der Waals surface area contributed by atoms with E-state index in [-0.39, 0.29) is 49.9 Å². The quantitative estimate of drug-likeness (QED) is 0.288. The maximum atomic E-state index is 14.6. The fourth-order valence-electron chi connectivity index (χ4n) is 8.40. The van der Waals surface area contributed by atoms with Gasteiger partial charge in [0, 0.05) is 23.3 Å². The average molecular weight is 770 g/mol. The van der Waals surface area contributed by atoms with Crippen LogP contribution < -0.4 is 24.8 Å². The van der Waals surface area contributed by atoms with E-state index >= 15 is 0 Å². The number of benzene rings is 1. The number of hydrogen-bond acceptors (Lipinski definition) is 9. The molecule has 5 aliphatic rings. The summed E-state index contributed by atoms with van der Waals surface area (Å²) < 4.78 is 52.9. The first kappa shape index (κ1) is 37.8. The lowest BCUT2D eigenvalue weighted by atomic mass is 9.85. The molecule has 1 aromatic carbocycles. The van der Waals surface area contributed by atoms with E-state index in [0.29, 0.717) is 38.2 Å². The highest BCUT2D eigenvalue weighted by Crippen LogP contribution is 2.48. The van der Waals surface area contributed by atoms with Crippen molar-refractivity contribution >= 4 is 44.6 Å². The number of fused-ring (bicyclic) bond motifs is 5. The Morgan fingerprint density at radius 1 is 1.19 bits per heavy atom. The van der Waals surface area contributed by atoms with Crippen molar-refractivity contribution in [2.75, 3.05) is 19.8 Å². The number of aryl methyl sites for hydroxylation is 1. The molecule has 0 spiro atoms. The van der Waals surface area contributed by atoms with Gasteiger partial charge in [-0.3, -0.25) is 19.1 Å². The van der Waals surface area contributed by atoms with Gasteiger partial charge in [0.1, 0.15) is 35.1 Å². The number of nitrogens with one attached hydrogen (secondary N) is 3. The van der Waals surface area contributed by atoms with Crippen molar-refractivity contribution in [3.8, 4) is 11.8 Å². The predicted octanol–water partition coefficient (Wildman–Crippen LogP) is 3.77. The van der Waals surface area contributed by atoms with E-state index in [1.807, 2.05) is 44.2 Å². The summed E-state index contributed by atoms with van der Waals surface area (Å²) in [5.74, 6) is -2.40. The smallest absolute Gasteiger partial charge is 0.405 e.